The van der Waals surface area contributed by atoms with Crippen molar-refractivity contribution in [3.8, 4) is 11.3 Å². The zero-order chi connectivity index (χ0) is 17.1. The number of hydrogen-bond donors (Lipinski definition) is 1. The van der Waals surface area contributed by atoms with Gasteiger partial charge in [-0.3, -0.25) is 5.10 Å². The molecule has 0 fully saturated rings. The van der Waals surface area contributed by atoms with E-state index in [0.717, 1.165) is 33.7 Å². The van der Waals surface area contributed by atoms with E-state index in [0.29, 0.717) is 11.2 Å². The van der Waals surface area contributed by atoms with Crippen LogP contribution in [-0.2, 0) is 6.18 Å². The molecule has 3 heterocycles. The van der Waals surface area contributed by atoms with Gasteiger partial charge in [0.1, 0.15) is 0 Å². The molecular formula is C17H13F3N4. The molecule has 0 spiro atoms. The number of halogens is 3. The maximum Gasteiger partial charge on any atom is 0.435 e. The monoisotopic (exact) mass is 330 g/mol. The summed E-state index contributed by atoms with van der Waals surface area (Å²) in [5.74, 6) is 0. The van der Waals surface area contributed by atoms with Crippen molar-refractivity contribution in [1.82, 2.24) is 19.8 Å². The van der Waals surface area contributed by atoms with Crippen molar-refractivity contribution in [2.24, 2.45) is 0 Å². The van der Waals surface area contributed by atoms with Gasteiger partial charge >= 0.3 is 6.18 Å². The minimum atomic E-state index is -4.47. The summed E-state index contributed by atoms with van der Waals surface area (Å²) in [6.07, 6.45) is -2.77. The third-order valence-corrected chi connectivity index (χ3v) is 4.14. The van der Waals surface area contributed by atoms with Crippen molar-refractivity contribution in [1.29, 1.82) is 0 Å². The molecule has 0 amide bonds. The summed E-state index contributed by atoms with van der Waals surface area (Å²) < 4.78 is 40.4. The first-order chi connectivity index (χ1) is 11.3. The number of aromatic amines is 1. The van der Waals surface area contributed by atoms with Crippen molar-refractivity contribution in [2.45, 2.75) is 20.0 Å². The molecule has 0 aliphatic rings. The number of benzene rings is 1. The van der Waals surface area contributed by atoms with E-state index in [2.05, 4.69) is 15.3 Å². The topological polar surface area (TPSA) is 46.0 Å². The second-order valence-electron chi connectivity index (χ2n) is 5.86. The Hall–Kier alpha value is -2.83. The standard InChI is InChI=1S/C17H13F3N4/c1-9-3-4-13-7-14(17(18,19)20)23-24(13)16(9)11-5-10(2)15-12(6-11)8-21-22-15/h3-8H,1-2H3,(H,21,22). The van der Waals surface area contributed by atoms with E-state index >= 15 is 0 Å². The van der Waals surface area contributed by atoms with Gasteiger partial charge in [-0.05, 0) is 49.2 Å². The van der Waals surface area contributed by atoms with Gasteiger partial charge in [0.25, 0.3) is 0 Å². The number of H-pyrrole nitrogens is 1. The van der Waals surface area contributed by atoms with E-state index in [4.69, 9.17) is 0 Å². The molecule has 0 aliphatic heterocycles. The molecular weight excluding hydrogens is 317 g/mol. The maximum absolute atomic E-state index is 13.0. The smallest absolute Gasteiger partial charge is 0.278 e. The lowest BCUT2D eigenvalue weighted by Gasteiger charge is -2.10. The number of rotatable bonds is 1. The lowest BCUT2D eigenvalue weighted by molar-refractivity contribution is -0.141. The van der Waals surface area contributed by atoms with E-state index in [9.17, 15) is 13.2 Å². The molecule has 4 aromatic rings. The predicted octanol–water partition coefficient (Wildman–Crippen LogP) is 4.51. The number of aromatic nitrogens is 4. The number of nitrogens with zero attached hydrogens (tertiary/aromatic N) is 3. The van der Waals surface area contributed by atoms with E-state index in [1.807, 2.05) is 26.0 Å². The normalized spacial score (nSPS) is 12.4. The molecule has 0 bridgehead atoms. The molecule has 7 heteroatoms. The average Bonchev–Trinajstić information content (AvgIpc) is 3.12. The largest absolute Gasteiger partial charge is 0.435 e. The molecule has 0 unspecified atom stereocenters. The van der Waals surface area contributed by atoms with Gasteiger partial charge in [0, 0.05) is 10.9 Å². The summed E-state index contributed by atoms with van der Waals surface area (Å²) in [7, 11) is 0. The first-order valence-electron chi connectivity index (χ1n) is 7.35. The molecule has 3 aromatic heterocycles. The SMILES string of the molecule is Cc1ccc2cc(C(F)(F)F)nn2c1-c1cc(C)c2[nH]ncc2c1. The van der Waals surface area contributed by atoms with Crippen LogP contribution in [0.15, 0.2) is 36.5 Å². The Morgan fingerprint density at radius 2 is 1.83 bits per heavy atom. The minimum Gasteiger partial charge on any atom is -0.278 e. The molecule has 4 nitrogen and oxygen atoms in total. The fourth-order valence-electron chi connectivity index (χ4n) is 3.01. The average molecular weight is 330 g/mol. The highest BCUT2D eigenvalue weighted by atomic mass is 19.4. The second kappa shape index (κ2) is 4.83. The van der Waals surface area contributed by atoms with Gasteiger partial charge in [-0.2, -0.15) is 23.4 Å². The molecule has 0 atom stereocenters. The third-order valence-electron chi connectivity index (χ3n) is 4.14. The lowest BCUT2D eigenvalue weighted by Crippen LogP contribution is -2.06. The maximum atomic E-state index is 13.0. The molecule has 0 radical (unpaired) electrons. The second-order valence-corrected chi connectivity index (χ2v) is 5.86. The summed E-state index contributed by atoms with van der Waals surface area (Å²) >= 11 is 0. The third kappa shape index (κ3) is 2.16. The summed E-state index contributed by atoms with van der Waals surface area (Å²) in [4.78, 5) is 0. The molecule has 0 saturated carbocycles. The van der Waals surface area contributed by atoms with Gasteiger partial charge < -0.3 is 0 Å². The number of pyridine rings is 1. The number of aryl methyl sites for hydroxylation is 2. The van der Waals surface area contributed by atoms with Crippen LogP contribution < -0.4 is 0 Å². The van der Waals surface area contributed by atoms with Crippen molar-refractivity contribution in [3.63, 3.8) is 0 Å². The first kappa shape index (κ1) is 14.7. The van der Waals surface area contributed by atoms with Crippen LogP contribution in [0, 0.1) is 13.8 Å². The number of hydrogen-bond acceptors (Lipinski definition) is 2. The summed E-state index contributed by atoms with van der Waals surface area (Å²) in [5, 5.41) is 11.6. The number of nitrogens with one attached hydrogen (secondary N) is 1. The molecule has 0 aliphatic carbocycles. The first-order valence-corrected chi connectivity index (χ1v) is 7.35. The number of fused-ring (bicyclic) bond motifs is 2. The highest BCUT2D eigenvalue weighted by Crippen LogP contribution is 2.33. The zero-order valence-corrected chi connectivity index (χ0v) is 12.9. The van der Waals surface area contributed by atoms with E-state index in [-0.39, 0.29) is 0 Å². The van der Waals surface area contributed by atoms with Crippen LogP contribution in [-0.4, -0.2) is 19.8 Å². The Bertz CT molecular complexity index is 1070. The van der Waals surface area contributed by atoms with E-state index in [1.165, 1.54) is 4.52 Å². The van der Waals surface area contributed by atoms with Crippen LogP contribution in [0.4, 0.5) is 13.2 Å². The molecule has 4 rings (SSSR count). The molecule has 1 N–H and O–H groups in total. The van der Waals surface area contributed by atoms with E-state index in [1.54, 1.807) is 18.3 Å². The van der Waals surface area contributed by atoms with Crippen LogP contribution >= 0.6 is 0 Å². The van der Waals surface area contributed by atoms with Crippen LogP contribution in [0.1, 0.15) is 16.8 Å². The molecule has 24 heavy (non-hydrogen) atoms. The van der Waals surface area contributed by atoms with Gasteiger partial charge in [0.2, 0.25) is 0 Å². The van der Waals surface area contributed by atoms with Crippen LogP contribution in [0.3, 0.4) is 0 Å². The molecule has 0 saturated heterocycles. The molecule has 1 aromatic carbocycles. The quantitative estimate of drug-likeness (QED) is 0.558. The Labute approximate surface area is 134 Å². The van der Waals surface area contributed by atoms with E-state index < -0.39 is 11.9 Å². The summed E-state index contributed by atoms with van der Waals surface area (Å²) in [6.45, 7) is 3.79. The van der Waals surface area contributed by atoms with Crippen molar-refractivity contribution < 1.29 is 13.2 Å². The fraction of sp³-hybridized carbons (Fsp3) is 0.176. The van der Waals surface area contributed by atoms with Gasteiger partial charge in [0.15, 0.2) is 5.69 Å². The highest BCUT2D eigenvalue weighted by Gasteiger charge is 2.34. The summed E-state index contributed by atoms with van der Waals surface area (Å²) in [5.41, 5.74) is 3.71. The van der Waals surface area contributed by atoms with Crippen LogP contribution in [0.2, 0.25) is 0 Å². The fourth-order valence-corrected chi connectivity index (χ4v) is 3.01. The Morgan fingerprint density at radius 3 is 2.58 bits per heavy atom. The van der Waals surface area contributed by atoms with Crippen molar-refractivity contribution in [3.05, 3.63) is 53.3 Å². The molecule has 122 valence electrons. The Kier molecular flexibility index (Phi) is 2.97. The predicted molar refractivity (Wildman–Crippen MR) is 84.8 cm³/mol. The van der Waals surface area contributed by atoms with Crippen molar-refractivity contribution >= 4 is 16.4 Å². The van der Waals surface area contributed by atoms with Gasteiger partial charge in [-0.15, -0.1) is 0 Å². The van der Waals surface area contributed by atoms with Gasteiger partial charge in [-0.1, -0.05) is 6.07 Å². The Balaban J connectivity index is 2.03. The van der Waals surface area contributed by atoms with Crippen LogP contribution in [0.5, 0.6) is 0 Å². The van der Waals surface area contributed by atoms with Crippen LogP contribution in [0.25, 0.3) is 27.7 Å². The van der Waals surface area contributed by atoms with Gasteiger partial charge in [-0.25, -0.2) is 4.52 Å². The highest BCUT2D eigenvalue weighted by molar-refractivity contribution is 5.87. The lowest BCUT2D eigenvalue weighted by atomic mass is 10.0. The minimum absolute atomic E-state index is 0.410. The summed E-state index contributed by atoms with van der Waals surface area (Å²) in [6, 6.07) is 8.34. The van der Waals surface area contributed by atoms with Crippen molar-refractivity contribution in [2.75, 3.05) is 0 Å². The number of alkyl halides is 3. The zero-order valence-electron chi connectivity index (χ0n) is 12.9. The Morgan fingerprint density at radius 1 is 1.04 bits per heavy atom. The van der Waals surface area contributed by atoms with Gasteiger partial charge in [0.05, 0.1) is 22.9 Å².